The van der Waals surface area contributed by atoms with Crippen LogP contribution in [-0.4, -0.2) is 22.5 Å². The first-order valence-corrected chi connectivity index (χ1v) is 5.24. The summed E-state index contributed by atoms with van der Waals surface area (Å²) in [7, 11) is 0. The minimum Gasteiger partial charge on any atom is -0.466 e. The lowest BCUT2D eigenvalue weighted by Crippen LogP contribution is -2.12. The van der Waals surface area contributed by atoms with E-state index in [1.165, 1.54) is 0 Å². The van der Waals surface area contributed by atoms with E-state index in [2.05, 4.69) is 9.72 Å². The Balaban J connectivity index is 3.28. The van der Waals surface area contributed by atoms with Crippen LogP contribution in [0.4, 0.5) is 20.4 Å². The van der Waals surface area contributed by atoms with Crippen LogP contribution in [0.1, 0.15) is 24.5 Å². The number of rotatable bonds is 5. The smallest absolute Gasteiger partial charge is 0.375 e. The molecule has 1 aromatic heterocycles. The van der Waals surface area contributed by atoms with Crippen LogP contribution < -0.4 is 5.73 Å². The number of halogens is 2. The van der Waals surface area contributed by atoms with E-state index in [-0.39, 0.29) is 18.0 Å². The average Bonchev–Trinajstić information content (AvgIpc) is 2.27. The molecule has 0 aromatic carbocycles. The van der Waals surface area contributed by atoms with Gasteiger partial charge in [-0.25, -0.2) is 8.78 Å². The zero-order valence-electron chi connectivity index (χ0n) is 9.93. The molecular formula is C10H11F2N3O4. The fourth-order valence-corrected chi connectivity index (χ4v) is 1.51. The first-order valence-electron chi connectivity index (χ1n) is 5.24. The van der Waals surface area contributed by atoms with Gasteiger partial charge in [0, 0.05) is 6.07 Å². The second kappa shape index (κ2) is 6.03. The van der Waals surface area contributed by atoms with Gasteiger partial charge in [0.1, 0.15) is 5.56 Å². The van der Waals surface area contributed by atoms with E-state index < -0.39 is 35.1 Å². The van der Waals surface area contributed by atoms with E-state index in [9.17, 15) is 23.7 Å². The highest BCUT2D eigenvalue weighted by molar-refractivity contribution is 5.74. The number of nitrogens with two attached hydrogens (primary N) is 1. The maximum absolute atomic E-state index is 12.9. The van der Waals surface area contributed by atoms with E-state index in [0.29, 0.717) is 0 Å². The molecule has 0 aliphatic heterocycles. The highest BCUT2D eigenvalue weighted by atomic mass is 19.3. The fraction of sp³-hybridized carbons (Fsp3) is 0.400. The summed E-state index contributed by atoms with van der Waals surface area (Å²) in [5.41, 5.74) is 4.14. The predicted octanol–water partition coefficient (Wildman–Crippen LogP) is 1.62. The molecule has 19 heavy (non-hydrogen) atoms. The molecule has 7 nitrogen and oxygen atoms in total. The van der Waals surface area contributed by atoms with Crippen molar-refractivity contribution in [3.05, 3.63) is 27.3 Å². The second-order valence-corrected chi connectivity index (χ2v) is 3.48. The van der Waals surface area contributed by atoms with Gasteiger partial charge >= 0.3 is 11.8 Å². The zero-order chi connectivity index (χ0) is 14.6. The maximum Gasteiger partial charge on any atom is 0.375 e. The number of alkyl halides is 2. The van der Waals surface area contributed by atoms with Crippen molar-refractivity contribution >= 4 is 17.6 Å². The number of nitrogens with zero attached hydrogens (tertiary/aromatic N) is 2. The van der Waals surface area contributed by atoms with Gasteiger partial charge in [-0.05, 0) is 22.4 Å². The molecule has 0 aliphatic rings. The summed E-state index contributed by atoms with van der Waals surface area (Å²) in [6.07, 6.45) is -3.67. The van der Waals surface area contributed by atoms with Gasteiger partial charge in [-0.15, -0.1) is 0 Å². The van der Waals surface area contributed by atoms with E-state index in [4.69, 9.17) is 5.73 Å². The molecule has 0 fully saturated rings. The van der Waals surface area contributed by atoms with E-state index in [1.54, 1.807) is 6.92 Å². The number of pyridine rings is 1. The molecular weight excluding hydrogens is 264 g/mol. The Hall–Kier alpha value is -2.32. The van der Waals surface area contributed by atoms with Crippen molar-refractivity contribution < 1.29 is 23.2 Å². The number of nitro groups is 1. The van der Waals surface area contributed by atoms with Gasteiger partial charge in [0.15, 0.2) is 0 Å². The number of carbonyl (C=O) groups excluding carboxylic acids is 1. The molecule has 1 aromatic rings. The summed E-state index contributed by atoms with van der Waals surface area (Å²) in [5, 5.41) is 10.7. The Bertz CT molecular complexity index is 508. The topological polar surface area (TPSA) is 108 Å². The summed E-state index contributed by atoms with van der Waals surface area (Å²) < 4.78 is 30.4. The molecule has 0 aliphatic carbocycles. The minimum atomic E-state index is -3.14. The first kappa shape index (κ1) is 14.7. The van der Waals surface area contributed by atoms with Crippen molar-refractivity contribution in [1.29, 1.82) is 0 Å². The third-order valence-corrected chi connectivity index (χ3v) is 2.18. The van der Waals surface area contributed by atoms with Gasteiger partial charge in [0.25, 0.3) is 6.43 Å². The van der Waals surface area contributed by atoms with Crippen LogP contribution in [0.2, 0.25) is 0 Å². The monoisotopic (exact) mass is 275 g/mol. The lowest BCUT2D eigenvalue weighted by Gasteiger charge is -2.08. The Morgan fingerprint density at radius 3 is 2.74 bits per heavy atom. The number of hydrogen-bond acceptors (Lipinski definition) is 6. The molecule has 0 radical (unpaired) electrons. The van der Waals surface area contributed by atoms with Gasteiger partial charge in [0.2, 0.25) is 5.82 Å². The van der Waals surface area contributed by atoms with Crippen molar-refractivity contribution in [3.63, 3.8) is 0 Å². The standard InChI is InChI=1S/C10H11F2N3O4/c1-2-19-7(16)4-5-3-6(13)14-10(15(17)18)8(5)9(11)12/h3,9H,2,4H2,1H3,(H2,13,14). The molecule has 1 heterocycles. The summed E-state index contributed by atoms with van der Waals surface area (Å²) >= 11 is 0. The van der Waals surface area contributed by atoms with Crippen LogP contribution in [0, 0.1) is 10.1 Å². The van der Waals surface area contributed by atoms with Crippen molar-refractivity contribution in [2.75, 3.05) is 12.3 Å². The molecule has 1 rings (SSSR count). The average molecular weight is 275 g/mol. The summed E-state index contributed by atoms with van der Waals surface area (Å²) in [6.45, 7) is 1.63. The third kappa shape index (κ3) is 3.57. The number of nitrogen functional groups attached to an aromatic ring is 1. The molecule has 104 valence electrons. The van der Waals surface area contributed by atoms with E-state index in [0.717, 1.165) is 6.07 Å². The van der Waals surface area contributed by atoms with Crippen LogP contribution in [0.3, 0.4) is 0 Å². The SMILES string of the molecule is CCOC(=O)Cc1cc(N)nc([N+](=O)[O-])c1C(F)F. The largest absolute Gasteiger partial charge is 0.466 e. The first-order chi connectivity index (χ1) is 8.86. The fourth-order valence-electron chi connectivity index (χ4n) is 1.51. The Kier molecular flexibility index (Phi) is 4.67. The van der Waals surface area contributed by atoms with Crippen LogP contribution in [-0.2, 0) is 16.0 Å². The zero-order valence-corrected chi connectivity index (χ0v) is 9.93. The number of aromatic nitrogens is 1. The van der Waals surface area contributed by atoms with Gasteiger partial charge in [0.05, 0.1) is 13.0 Å². The van der Waals surface area contributed by atoms with Crippen LogP contribution in [0.15, 0.2) is 6.07 Å². The molecule has 2 N–H and O–H groups in total. The molecule has 0 saturated heterocycles. The number of carbonyl (C=O) groups is 1. The quantitative estimate of drug-likeness (QED) is 0.497. The van der Waals surface area contributed by atoms with Gasteiger partial charge in [-0.1, -0.05) is 0 Å². The molecule has 0 bridgehead atoms. The van der Waals surface area contributed by atoms with Crippen molar-refractivity contribution in [3.8, 4) is 0 Å². The highest BCUT2D eigenvalue weighted by Crippen LogP contribution is 2.32. The number of hydrogen-bond donors (Lipinski definition) is 1. The van der Waals surface area contributed by atoms with Crippen LogP contribution in [0.5, 0.6) is 0 Å². The number of ether oxygens (including phenoxy) is 1. The molecule has 9 heteroatoms. The maximum atomic E-state index is 12.9. The van der Waals surface area contributed by atoms with Crippen molar-refractivity contribution in [2.45, 2.75) is 19.8 Å². The van der Waals surface area contributed by atoms with Gasteiger partial charge in [-0.3, -0.25) is 4.79 Å². The molecule has 0 saturated carbocycles. The summed E-state index contributed by atoms with van der Waals surface area (Å²) in [4.78, 5) is 24.2. The van der Waals surface area contributed by atoms with Gasteiger partial charge < -0.3 is 20.6 Å². The second-order valence-electron chi connectivity index (χ2n) is 3.48. The third-order valence-electron chi connectivity index (χ3n) is 2.18. The van der Waals surface area contributed by atoms with E-state index >= 15 is 0 Å². The van der Waals surface area contributed by atoms with Crippen LogP contribution in [0.25, 0.3) is 0 Å². The molecule has 0 atom stereocenters. The predicted molar refractivity (Wildman–Crippen MR) is 60.6 cm³/mol. The lowest BCUT2D eigenvalue weighted by atomic mass is 10.1. The molecule has 0 amide bonds. The Morgan fingerprint density at radius 2 is 2.26 bits per heavy atom. The number of anilines is 1. The lowest BCUT2D eigenvalue weighted by molar-refractivity contribution is -0.390. The Labute approximate surface area is 106 Å². The summed E-state index contributed by atoms with van der Waals surface area (Å²) in [6, 6.07) is 1.01. The van der Waals surface area contributed by atoms with E-state index in [1.807, 2.05) is 0 Å². The minimum absolute atomic E-state index is 0.0749. The molecule has 0 spiro atoms. The normalized spacial score (nSPS) is 10.5. The van der Waals surface area contributed by atoms with Crippen molar-refractivity contribution in [2.24, 2.45) is 0 Å². The van der Waals surface area contributed by atoms with Crippen LogP contribution >= 0.6 is 0 Å². The Morgan fingerprint density at radius 1 is 1.63 bits per heavy atom. The highest BCUT2D eigenvalue weighted by Gasteiger charge is 2.29. The van der Waals surface area contributed by atoms with Gasteiger partial charge in [-0.2, -0.15) is 0 Å². The number of esters is 1. The molecule has 0 unspecified atom stereocenters. The summed E-state index contributed by atoms with van der Waals surface area (Å²) in [5.74, 6) is -2.13. The van der Waals surface area contributed by atoms with Crippen molar-refractivity contribution in [1.82, 2.24) is 4.98 Å².